The Bertz CT molecular complexity index is 1350. The van der Waals surface area contributed by atoms with E-state index >= 15 is 0 Å². The van der Waals surface area contributed by atoms with E-state index in [-0.39, 0.29) is 18.1 Å². The Morgan fingerprint density at radius 2 is 2.03 bits per heavy atom. The maximum Gasteiger partial charge on any atom is 0.417 e. The molecular weight excluding hydrogens is 451 g/mol. The molecule has 172 valence electrons. The van der Waals surface area contributed by atoms with Gasteiger partial charge >= 0.3 is 6.18 Å². The molecule has 1 aliphatic rings. The first-order valence-corrected chi connectivity index (χ1v) is 9.72. The van der Waals surface area contributed by atoms with Crippen molar-refractivity contribution in [3.63, 3.8) is 0 Å². The maximum atomic E-state index is 13.3. The van der Waals surface area contributed by atoms with Gasteiger partial charge in [-0.2, -0.15) is 18.3 Å². The molecule has 0 spiro atoms. The van der Waals surface area contributed by atoms with Gasteiger partial charge in [-0.15, -0.1) is 5.10 Å². The Kier molecular flexibility index (Phi) is 4.68. The Hall–Kier alpha value is -3.84. The minimum absolute atomic E-state index is 0.178. The number of amides is 1. The molecule has 1 aliphatic heterocycles. The topological polar surface area (TPSA) is 97.0 Å². The molecular formula is C19H15F5N8O. The predicted molar refractivity (Wildman–Crippen MR) is 101 cm³/mol. The van der Waals surface area contributed by atoms with Gasteiger partial charge in [0.05, 0.1) is 28.8 Å². The van der Waals surface area contributed by atoms with Gasteiger partial charge in [-0.3, -0.25) is 4.79 Å². The molecule has 5 heterocycles. The number of hydrogen-bond acceptors (Lipinski definition) is 5. The number of rotatable bonds is 3. The van der Waals surface area contributed by atoms with Crippen molar-refractivity contribution in [1.82, 2.24) is 39.2 Å². The summed E-state index contributed by atoms with van der Waals surface area (Å²) in [6.45, 7) is 0.178. The zero-order valence-corrected chi connectivity index (χ0v) is 16.9. The normalized spacial score (nSPS) is 16.6. The average molecular weight is 466 g/mol. The first kappa shape index (κ1) is 21.0. The van der Waals surface area contributed by atoms with Gasteiger partial charge in [-0.1, -0.05) is 0 Å². The Balaban J connectivity index is 1.59. The molecule has 4 aromatic heterocycles. The van der Waals surface area contributed by atoms with Crippen molar-refractivity contribution >= 4 is 11.4 Å². The van der Waals surface area contributed by atoms with Crippen LogP contribution >= 0.6 is 0 Å². The smallest absolute Gasteiger partial charge is 0.348 e. The van der Waals surface area contributed by atoms with E-state index in [1.54, 1.807) is 6.07 Å². The van der Waals surface area contributed by atoms with E-state index in [2.05, 4.69) is 25.1 Å². The molecule has 0 bridgehead atoms. The number of nitrogens with zero attached hydrogens (tertiary/aromatic N) is 7. The molecule has 1 unspecified atom stereocenters. The molecule has 0 aliphatic carbocycles. The highest BCUT2D eigenvalue weighted by molar-refractivity contribution is 5.91. The van der Waals surface area contributed by atoms with E-state index in [9.17, 15) is 26.7 Å². The molecule has 0 radical (unpaired) electrons. The van der Waals surface area contributed by atoms with E-state index in [4.69, 9.17) is 0 Å². The van der Waals surface area contributed by atoms with Crippen LogP contribution in [0.1, 0.15) is 51.6 Å². The molecule has 5 rings (SSSR count). The number of carbonyl (C=O) groups is 1. The van der Waals surface area contributed by atoms with Crippen LogP contribution in [0, 0.1) is 0 Å². The molecule has 0 saturated heterocycles. The number of nitrogens with one attached hydrogen (secondary N) is 1. The van der Waals surface area contributed by atoms with Gasteiger partial charge < -0.3 is 9.88 Å². The Morgan fingerprint density at radius 1 is 1.24 bits per heavy atom. The molecule has 0 fully saturated rings. The van der Waals surface area contributed by atoms with Gasteiger partial charge in [-0.25, -0.2) is 27.9 Å². The summed E-state index contributed by atoms with van der Waals surface area (Å²) in [5.41, 5.74) is 0.979. The van der Waals surface area contributed by atoms with E-state index in [0.29, 0.717) is 17.6 Å². The number of halogens is 5. The summed E-state index contributed by atoms with van der Waals surface area (Å²) < 4.78 is 67.4. The highest BCUT2D eigenvalue weighted by Crippen LogP contribution is 2.35. The summed E-state index contributed by atoms with van der Waals surface area (Å²) in [6, 6.07) is 2.90. The van der Waals surface area contributed by atoms with Crippen LogP contribution in [0.5, 0.6) is 0 Å². The lowest BCUT2D eigenvalue weighted by atomic mass is 9.99. The summed E-state index contributed by atoms with van der Waals surface area (Å²) in [7, 11) is 1.33. The number of alkyl halides is 5. The number of carbonyl (C=O) groups excluding carboxylic acids is 1. The summed E-state index contributed by atoms with van der Waals surface area (Å²) in [4.78, 5) is 25.6. The minimum Gasteiger partial charge on any atom is -0.348 e. The fourth-order valence-corrected chi connectivity index (χ4v) is 3.91. The molecule has 14 heteroatoms. The van der Waals surface area contributed by atoms with Crippen LogP contribution < -0.4 is 0 Å². The minimum atomic E-state index is -4.55. The Labute approximate surface area is 181 Å². The first-order valence-electron chi connectivity index (χ1n) is 9.72. The quantitative estimate of drug-likeness (QED) is 0.469. The van der Waals surface area contributed by atoms with Crippen LogP contribution in [-0.4, -0.2) is 51.7 Å². The van der Waals surface area contributed by atoms with Crippen molar-refractivity contribution in [1.29, 1.82) is 0 Å². The van der Waals surface area contributed by atoms with Crippen molar-refractivity contribution in [2.45, 2.75) is 25.1 Å². The summed E-state index contributed by atoms with van der Waals surface area (Å²) >= 11 is 0. The maximum absolute atomic E-state index is 13.3. The third-order valence-electron chi connectivity index (χ3n) is 5.44. The molecule has 4 aromatic rings. The van der Waals surface area contributed by atoms with E-state index in [1.807, 2.05) is 0 Å². The highest BCUT2D eigenvalue weighted by atomic mass is 19.4. The number of imidazole rings is 1. The Morgan fingerprint density at radius 3 is 2.73 bits per heavy atom. The van der Waals surface area contributed by atoms with Crippen molar-refractivity contribution in [2.24, 2.45) is 7.05 Å². The fourth-order valence-electron chi connectivity index (χ4n) is 3.91. The van der Waals surface area contributed by atoms with Crippen LogP contribution in [0.25, 0.3) is 5.52 Å². The van der Waals surface area contributed by atoms with Crippen LogP contribution in [0.2, 0.25) is 0 Å². The van der Waals surface area contributed by atoms with E-state index < -0.39 is 35.9 Å². The monoisotopic (exact) mass is 466 g/mol. The van der Waals surface area contributed by atoms with Gasteiger partial charge in [-0.05, 0) is 18.2 Å². The molecule has 1 atom stereocenters. The van der Waals surface area contributed by atoms with Gasteiger partial charge in [0.15, 0.2) is 0 Å². The third kappa shape index (κ3) is 3.50. The SMILES string of the molecule is Cn1nc(C(F)F)nc1C(=O)N1CCc2[nH]cnc2C1c1cc2ccc(C(F)(F)F)cn2n1. The van der Waals surface area contributed by atoms with E-state index in [1.165, 1.54) is 24.3 Å². The second-order valence-corrected chi connectivity index (χ2v) is 7.49. The zero-order chi connectivity index (χ0) is 23.5. The second-order valence-electron chi connectivity index (χ2n) is 7.49. The molecule has 0 aromatic carbocycles. The number of aromatic amines is 1. The summed E-state index contributed by atoms with van der Waals surface area (Å²) in [6.07, 6.45) is -4.79. The highest BCUT2D eigenvalue weighted by Gasteiger charge is 2.38. The lowest BCUT2D eigenvalue weighted by Crippen LogP contribution is -2.42. The molecule has 1 N–H and O–H groups in total. The number of pyridine rings is 1. The zero-order valence-electron chi connectivity index (χ0n) is 16.9. The average Bonchev–Trinajstić information content (AvgIpc) is 3.48. The van der Waals surface area contributed by atoms with Crippen LogP contribution in [0.4, 0.5) is 22.0 Å². The third-order valence-corrected chi connectivity index (χ3v) is 5.44. The van der Waals surface area contributed by atoms with Crippen molar-refractivity contribution in [2.75, 3.05) is 6.54 Å². The lowest BCUT2D eigenvalue weighted by molar-refractivity contribution is -0.137. The van der Waals surface area contributed by atoms with Crippen LogP contribution in [-0.2, 0) is 19.6 Å². The van der Waals surface area contributed by atoms with Crippen molar-refractivity contribution < 1.29 is 26.7 Å². The number of H-pyrrole nitrogens is 1. The molecule has 1 amide bonds. The molecule has 9 nitrogen and oxygen atoms in total. The summed E-state index contributed by atoms with van der Waals surface area (Å²) in [5, 5.41) is 7.86. The van der Waals surface area contributed by atoms with Gasteiger partial charge in [0.2, 0.25) is 11.6 Å². The van der Waals surface area contributed by atoms with Crippen LogP contribution in [0.3, 0.4) is 0 Å². The number of aromatic nitrogens is 7. The van der Waals surface area contributed by atoms with Gasteiger partial charge in [0.25, 0.3) is 12.3 Å². The van der Waals surface area contributed by atoms with Crippen molar-refractivity contribution in [3.05, 3.63) is 65.0 Å². The summed E-state index contributed by atoms with van der Waals surface area (Å²) in [5.74, 6) is -1.75. The molecule has 33 heavy (non-hydrogen) atoms. The van der Waals surface area contributed by atoms with Gasteiger partial charge in [0.1, 0.15) is 6.04 Å². The predicted octanol–water partition coefficient (Wildman–Crippen LogP) is 2.93. The lowest BCUT2D eigenvalue weighted by Gasteiger charge is -2.33. The molecule has 0 saturated carbocycles. The standard InChI is InChI=1S/C19H15F5N8O/c1-30-17(27-16(29-30)15(20)21)18(33)31-5-4-11-13(26-8-25-11)14(31)12-6-10-3-2-9(19(22,23)24)7-32(10)28-12/h2-3,6-8,14-15H,4-5H2,1H3,(H,25,26). The second kappa shape index (κ2) is 7.35. The van der Waals surface area contributed by atoms with Gasteiger partial charge in [0, 0.05) is 31.9 Å². The number of fused-ring (bicyclic) bond motifs is 2. The number of aryl methyl sites for hydroxylation is 1. The van der Waals surface area contributed by atoms with Crippen LogP contribution in [0.15, 0.2) is 30.7 Å². The van der Waals surface area contributed by atoms with Crippen molar-refractivity contribution in [3.8, 4) is 0 Å². The first-order chi connectivity index (χ1) is 15.6. The fraction of sp³-hybridized carbons (Fsp3) is 0.316. The largest absolute Gasteiger partial charge is 0.417 e. The van der Waals surface area contributed by atoms with E-state index in [0.717, 1.165) is 27.2 Å². The number of hydrogen-bond donors (Lipinski definition) is 1.